The van der Waals surface area contributed by atoms with Crippen molar-refractivity contribution in [2.24, 2.45) is 0 Å². The third-order valence-corrected chi connectivity index (χ3v) is 2.08. The van der Waals surface area contributed by atoms with E-state index in [4.69, 9.17) is 24.7 Å². The van der Waals surface area contributed by atoms with Crippen molar-refractivity contribution in [1.29, 1.82) is 0 Å². The highest BCUT2D eigenvalue weighted by atomic mass is 32.2. The van der Waals surface area contributed by atoms with Gasteiger partial charge in [-0.05, 0) is 0 Å². The predicted molar refractivity (Wildman–Crippen MR) is 48.5 cm³/mol. The molecule has 0 aromatic rings. The molecule has 0 bridgehead atoms. The van der Waals surface area contributed by atoms with Crippen molar-refractivity contribution in [2.45, 2.75) is 18.6 Å². The van der Waals surface area contributed by atoms with Gasteiger partial charge < -0.3 is 15.3 Å². The molecule has 0 aliphatic rings. The summed E-state index contributed by atoms with van der Waals surface area (Å²) in [7, 11) is -4.84. The summed E-state index contributed by atoms with van der Waals surface area (Å²) in [4.78, 5) is 29.0. The van der Waals surface area contributed by atoms with Gasteiger partial charge in [-0.2, -0.15) is 8.42 Å². The Hall–Kier alpha value is -1.68. The summed E-state index contributed by atoms with van der Waals surface area (Å²) in [6.07, 6.45) is -1.16. The van der Waals surface area contributed by atoms with Crippen LogP contribution < -0.4 is 0 Å². The van der Waals surface area contributed by atoms with E-state index in [1.165, 1.54) is 0 Å². The lowest BCUT2D eigenvalue weighted by molar-refractivity contribution is -0.143. The van der Waals surface area contributed by atoms with Crippen LogP contribution in [0.1, 0.15) is 13.3 Å². The maximum Gasteiger partial charge on any atom is 0.325 e. The quantitative estimate of drug-likeness (QED) is 0.457. The van der Waals surface area contributed by atoms with Crippen LogP contribution in [0.25, 0.3) is 0 Å². The Kier molecular flexibility index (Phi) is 7.05. The third kappa shape index (κ3) is 10.4. The maximum atomic E-state index is 10.2. The monoisotopic (exact) mass is 258 g/mol. The van der Waals surface area contributed by atoms with E-state index >= 15 is 0 Å². The van der Waals surface area contributed by atoms with Crippen molar-refractivity contribution in [3.8, 4) is 0 Å². The zero-order chi connectivity index (χ0) is 13.5. The van der Waals surface area contributed by atoms with E-state index in [2.05, 4.69) is 0 Å². The average Bonchev–Trinajstić information content (AvgIpc) is 1.95. The molecule has 1 atom stereocenters. The Balaban J connectivity index is 0. The van der Waals surface area contributed by atoms with Crippen LogP contribution in [0.3, 0.4) is 0 Å². The van der Waals surface area contributed by atoms with Crippen molar-refractivity contribution in [3.05, 3.63) is 0 Å². The van der Waals surface area contributed by atoms with Crippen molar-refractivity contribution >= 4 is 28.0 Å². The number of carboxylic acids is 3. The van der Waals surface area contributed by atoms with Crippen molar-refractivity contribution in [2.75, 3.05) is 0 Å². The van der Waals surface area contributed by atoms with E-state index in [0.29, 0.717) is 0 Å². The molecule has 0 saturated heterocycles. The summed E-state index contributed by atoms with van der Waals surface area (Å²) >= 11 is 0. The van der Waals surface area contributed by atoms with Crippen LogP contribution in [0.5, 0.6) is 0 Å². The van der Waals surface area contributed by atoms with E-state index in [-0.39, 0.29) is 0 Å². The van der Waals surface area contributed by atoms with Gasteiger partial charge in [0.05, 0.1) is 6.42 Å². The van der Waals surface area contributed by atoms with E-state index in [1.54, 1.807) is 0 Å². The Bertz CT molecular complexity index is 363. The van der Waals surface area contributed by atoms with Crippen LogP contribution in [-0.4, -0.2) is 51.4 Å². The van der Waals surface area contributed by atoms with E-state index in [1.807, 2.05) is 0 Å². The molecular formula is C6H10O9S. The maximum absolute atomic E-state index is 10.2. The zero-order valence-electron chi connectivity index (χ0n) is 8.02. The molecule has 9 nitrogen and oxygen atoms in total. The van der Waals surface area contributed by atoms with Gasteiger partial charge in [0, 0.05) is 6.92 Å². The van der Waals surface area contributed by atoms with Crippen molar-refractivity contribution in [3.63, 3.8) is 0 Å². The fourth-order valence-electron chi connectivity index (χ4n) is 0.479. The van der Waals surface area contributed by atoms with Crippen LogP contribution in [-0.2, 0) is 24.5 Å². The van der Waals surface area contributed by atoms with Crippen LogP contribution in [0, 0.1) is 0 Å². The SMILES string of the molecule is CC(=O)O.O=C(O)CC(C(=O)O)S(=O)(=O)O. The molecule has 0 aromatic heterocycles. The van der Waals surface area contributed by atoms with Crippen molar-refractivity contribution < 1.29 is 42.7 Å². The number of carbonyl (C=O) groups is 3. The molecule has 16 heavy (non-hydrogen) atoms. The first-order valence-corrected chi connectivity index (χ1v) is 5.09. The van der Waals surface area contributed by atoms with E-state index in [0.717, 1.165) is 6.92 Å². The van der Waals surface area contributed by atoms with Crippen LogP contribution in [0.2, 0.25) is 0 Å². The molecule has 0 radical (unpaired) electrons. The fourth-order valence-corrected chi connectivity index (χ4v) is 1.09. The summed E-state index contributed by atoms with van der Waals surface area (Å²) in [6, 6.07) is 0. The molecule has 0 fully saturated rings. The summed E-state index contributed by atoms with van der Waals surface area (Å²) in [6.45, 7) is 1.08. The molecule has 0 aliphatic carbocycles. The molecule has 0 heterocycles. The Morgan fingerprint density at radius 2 is 1.44 bits per heavy atom. The Morgan fingerprint density at radius 3 is 1.50 bits per heavy atom. The lowest BCUT2D eigenvalue weighted by atomic mass is 10.3. The van der Waals surface area contributed by atoms with Gasteiger partial charge in [0.15, 0.2) is 5.25 Å². The second-order valence-electron chi connectivity index (χ2n) is 2.46. The van der Waals surface area contributed by atoms with Gasteiger partial charge >= 0.3 is 11.9 Å². The largest absolute Gasteiger partial charge is 0.481 e. The lowest BCUT2D eigenvalue weighted by Gasteiger charge is -2.04. The van der Waals surface area contributed by atoms with Crippen LogP contribution in [0.4, 0.5) is 0 Å². The summed E-state index contributed by atoms with van der Waals surface area (Å²) < 4.78 is 28.7. The highest BCUT2D eigenvalue weighted by molar-refractivity contribution is 7.87. The van der Waals surface area contributed by atoms with Crippen molar-refractivity contribution in [1.82, 2.24) is 0 Å². The number of rotatable bonds is 4. The molecule has 0 saturated carbocycles. The van der Waals surface area contributed by atoms with Gasteiger partial charge in [0.25, 0.3) is 16.1 Å². The van der Waals surface area contributed by atoms with Crippen LogP contribution >= 0.6 is 0 Å². The average molecular weight is 258 g/mol. The number of carboxylic acid groups (broad SMARTS) is 3. The van der Waals surface area contributed by atoms with Gasteiger partial charge in [0.2, 0.25) is 0 Å². The summed E-state index contributed by atoms with van der Waals surface area (Å²) in [5.74, 6) is -4.33. The normalized spacial score (nSPS) is 11.9. The summed E-state index contributed by atoms with van der Waals surface area (Å²) in [5.41, 5.74) is 0. The minimum absolute atomic E-state index is 0.833. The Labute approximate surface area is 90.1 Å². The van der Waals surface area contributed by atoms with Crippen LogP contribution in [0.15, 0.2) is 0 Å². The van der Waals surface area contributed by atoms with Gasteiger partial charge in [-0.25, -0.2) is 0 Å². The molecule has 4 N–H and O–H groups in total. The molecule has 0 aliphatic heterocycles. The molecule has 0 rings (SSSR count). The van der Waals surface area contributed by atoms with Gasteiger partial charge in [-0.1, -0.05) is 0 Å². The first kappa shape index (κ1) is 16.7. The molecule has 0 aromatic carbocycles. The molecule has 10 heteroatoms. The number of hydrogen-bond acceptors (Lipinski definition) is 5. The minimum Gasteiger partial charge on any atom is -0.481 e. The zero-order valence-corrected chi connectivity index (χ0v) is 8.84. The minimum atomic E-state index is -4.84. The van der Waals surface area contributed by atoms with Gasteiger partial charge in [-0.3, -0.25) is 18.9 Å². The fraction of sp³-hybridized carbons (Fsp3) is 0.500. The van der Waals surface area contributed by atoms with Gasteiger partial charge in [-0.15, -0.1) is 0 Å². The third-order valence-electron chi connectivity index (χ3n) is 0.995. The lowest BCUT2D eigenvalue weighted by Crippen LogP contribution is -2.31. The highest BCUT2D eigenvalue weighted by Gasteiger charge is 2.33. The number of aliphatic carboxylic acids is 3. The smallest absolute Gasteiger partial charge is 0.325 e. The molecule has 0 spiro atoms. The number of hydrogen-bond donors (Lipinski definition) is 4. The van der Waals surface area contributed by atoms with E-state index < -0.39 is 39.7 Å². The predicted octanol–water partition coefficient (Wildman–Crippen LogP) is -1.11. The second kappa shape index (κ2) is 6.74. The molecule has 94 valence electrons. The Morgan fingerprint density at radius 1 is 1.12 bits per heavy atom. The van der Waals surface area contributed by atoms with E-state index in [9.17, 15) is 18.0 Å². The first-order valence-electron chi connectivity index (χ1n) is 3.59. The first-order chi connectivity index (χ1) is 6.98. The summed E-state index contributed by atoms with van der Waals surface area (Å²) in [5, 5.41) is 21.3. The molecule has 1 unspecified atom stereocenters. The molecular weight excluding hydrogens is 248 g/mol. The topological polar surface area (TPSA) is 166 Å². The highest BCUT2D eigenvalue weighted by Crippen LogP contribution is 2.04. The van der Waals surface area contributed by atoms with Gasteiger partial charge in [0.1, 0.15) is 0 Å². The standard InChI is InChI=1S/C4H6O7S.C2H4O2/c5-3(6)1-2(4(7)8)12(9,10)11;1-2(3)4/h2H,1H2,(H,5,6)(H,7,8)(H,9,10,11);1H3,(H,3,4). The second-order valence-corrected chi connectivity index (χ2v) is 4.06. The molecule has 0 amide bonds.